The summed E-state index contributed by atoms with van der Waals surface area (Å²) in [4.78, 5) is 0.223. The molecule has 102 valence electrons. The van der Waals surface area contributed by atoms with E-state index in [1.807, 2.05) is 6.07 Å². The molecule has 1 aromatic heterocycles. The van der Waals surface area contributed by atoms with E-state index >= 15 is 0 Å². The van der Waals surface area contributed by atoms with E-state index < -0.39 is 10.0 Å². The van der Waals surface area contributed by atoms with E-state index in [1.54, 1.807) is 30.3 Å². The van der Waals surface area contributed by atoms with Gasteiger partial charge in [0.1, 0.15) is 5.76 Å². The Hall–Kier alpha value is -1.31. The predicted octanol–water partition coefficient (Wildman–Crippen LogP) is 2.56. The highest BCUT2D eigenvalue weighted by atomic mass is 79.9. The molecule has 0 saturated heterocycles. The van der Waals surface area contributed by atoms with Gasteiger partial charge >= 0.3 is 0 Å². The van der Waals surface area contributed by atoms with E-state index in [1.165, 1.54) is 7.05 Å². The molecule has 19 heavy (non-hydrogen) atoms. The molecule has 0 atom stereocenters. The molecule has 0 spiro atoms. The van der Waals surface area contributed by atoms with Crippen molar-refractivity contribution < 1.29 is 12.8 Å². The maximum absolute atomic E-state index is 11.7. The summed E-state index contributed by atoms with van der Waals surface area (Å²) in [6, 6.07) is 10.2. The molecule has 1 heterocycles. The van der Waals surface area contributed by atoms with Crippen LogP contribution in [0.25, 0.3) is 0 Å². The van der Waals surface area contributed by atoms with Crippen molar-refractivity contribution in [2.45, 2.75) is 11.4 Å². The summed E-state index contributed by atoms with van der Waals surface area (Å²) in [5.41, 5.74) is 0.712. The number of nitrogens with one attached hydrogen (secondary N) is 2. The molecule has 0 bridgehead atoms. The average Bonchev–Trinajstić information content (AvgIpc) is 2.82. The molecule has 0 aliphatic rings. The Bertz CT molecular complexity index is 667. The highest BCUT2D eigenvalue weighted by Crippen LogP contribution is 2.18. The fourth-order valence-electron chi connectivity index (χ4n) is 1.53. The maximum Gasteiger partial charge on any atom is 0.240 e. The van der Waals surface area contributed by atoms with E-state index in [-0.39, 0.29) is 4.90 Å². The smallest absolute Gasteiger partial charge is 0.240 e. The van der Waals surface area contributed by atoms with Gasteiger partial charge in [-0.3, -0.25) is 0 Å². The first-order chi connectivity index (χ1) is 9.01. The summed E-state index contributed by atoms with van der Waals surface area (Å²) in [6.07, 6.45) is 0. The molecule has 0 aliphatic carbocycles. The lowest BCUT2D eigenvalue weighted by Crippen LogP contribution is -2.18. The van der Waals surface area contributed by atoms with Crippen molar-refractivity contribution in [3.05, 3.63) is 46.8 Å². The third kappa shape index (κ3) is 3.59. The molecule has 0 radical (unpaired) electrons. The van der Waals surface area contributed by atoms with Gasteiger partial charge < -0.3 is 9.73 Å². The van der Waals surface area contributed by atoms with Crippen LogP contribution in [0.5, 0.6) is 0 Å². The van der Waals surface area contributed by atoms with Gasteiger partial charge in [-0.25, -0.2) is 13.1 Å². The molecular weight excluding hydrogens is 332 g/mol. The first-order valence-electron chi connectivity index (χ1n) is 5.53. The highest BCUT2D eigenvalue weighted by Gasteiger charge is 2.11. The number of benzene rings is 1. The van der Waals surface area contributed by atoms with Crippen LogP contribution in [0.1, 0.15) is 5.76 Å². The zero-order valence-electron chi connectivity index (χ0n) is 10.2. The summed E-state index contributed by atoms with van der Waals surface area (Å²) in [5, 5.41) is 3.10. The maximum atomic E-state index is 11.7. The van der Waals surface area contributed by atoms with Gasteiger partial charge in [0.15, 0.2) is 4.67 Å². The van der Waals surface area contributed by atoms with Crippen LogP contribution in [0.4, 0.5) is 5.69 Å². The van der Waals surface area contributed by atoms with Crippen LogP contribution in [0.2, 0.25) is 0 Å². The topological polar surface area (TPSA) is 71.3 Å². The van der Waals surface area contributed by atoms with Gasteiger partial charge in [-0.15, -0.1) is 0 Å². The molecule has 0 fully saturated rings. The zero-order chi connectivity index (χ0) is 13.9. The molecule has 2 N–H and O–H groups in total. The van der Waals surface area contributed by atoms with Gasteiger partial charge in [0.05, 0.1) is 11.4 Å². The largest absolute Gasteiger partial charge is 0.452 e. The minimum absolute atomic E-state index is 0.223. The van der Waals surface area contributed by atoms with E-state index in [0.29, 0.717) is 16.9 Å². The van der Waals surface area contributed by atoms with Crippen molar-refractivity contribution in [3.63, 3.8) is 0 Å². The standard InChI is InChI=1S/C12H13BrN2O3S/c1-14-19(16,17)11-4-2-3-9(7-11)15-8-10-5-6-12(13)18-10/h2-7,14-15H,8H2,1H3. The fraction of sp³-hybridized carbons (Fsp3) is 0.167. The van der Waals surface area contributed by atoms with E-state index in [4.69, 9.17) is 4.42 Å². The fourth-order valence-corrected chi connectivity index (χ4v) is 2.64. The molecule has 2 aromatic rings. The Labute approximate surface area is 120 Å². The monoisotopic (exact) mass is 344 g/mol. The van der Waals surface area contributed by atoms with Crippen LogP contribution in [-0.2, 0) is 16.6 Å². The normalized spacial score (nSPS) is 11.5. The molecule has 0 unspecified atom stereocenters. The minimum atomic E-state index is -3.42. The summed E-state index contributed by atoms with van der Waals surface area (Å²) >= 11 is 3.22. The molecule has 0 amide bonds. The Morgan fingerprint density at radius 1 is 1.26 bits per heavy atom. The van der Waals surface area contributed by atoms with E-state index in [2.05, 4.69) is 26.0 Å². The number of hydrogen-bond acceptors (Lipinski definition) is 4. The predicted molar refractivity (Wildman–Crippen MR) is 76.4 cm³/mol. The lowest BCUT2D eigenvalue weighted by molar-refractivity contribution is 0.495. The van der Waals surface area contributed by atoms with Crippen molar-refractivity contribution >= 4 is 31.6 Å². The summed E-state index contributed by atoms with van der Waals surface area (Å²) < 4.78 is 31.6. The van der Waals surface area contributed by atoms with Crippen molar-refractivity contribution in [1.82, 2.24) is 4.72 Å². The minimum Gasteiger partial charge on any atom is -0.452 e. The lowest BCUT2D eigenvalue weighted by atomic mass is 10.3. The van der Waals surface area contributed by atoms with Crippen LogP contribution in [0.3, 0.4) is 0 Å². The van der Waals surface area contributed by atoms with E-state index in [0.717, 1.165) is 5.76 Å². The molecule has 7 heteroatoms. The van der Waals surface area contributed by atoms with Gasteiger partial charge in [-0.1, -0.05) is 6.07 Å². The molecule has 0 aliphatic heterocycles. The van der Waals surface area contributed by atoms with Crippen molar-refractivity contribution in [2.75, 3.05) is 12.4 Å². The van der Waals surface area contributed by atoms with Crippen molar-refractivity contribution in [1.29, 1.82) is 0 Å². The number of furan rings is 1. The average molecular weight is 345 g/mol. The second-order valence-corrected chi connectivity index (χ2v) is 6.46. The highest BCUT2D eigenvalue weighted by molar-refractivity contribution is 9.10. The Balaban J connectivity index is 2.11. The van der Waals surface area contributed by atoms with Gasteiger partial charge in [0, 0.05) is 5.69 Å². The lowest BCUT2D eigenvalue weighted by Gasteiger charge is -2.07. The summed E-state index contributed by atoms with van der Waals surface area (Å²) in [7, 11) is -2.04. The molecule has 2 rings (SSSR count). The molecule has 1 aromatic carbocycles. The van der Waals surface area contributed by atoms with E-state index in [9.17, 15) is 8.42 Å². The first kappa shape index (κ1) is 14.1. The van der Waals surface area contributed by atoms with Gasteiger partial charge in [-0.2, -0.15) is 0 Å². The van der Waals surface area contributed by atoms with Gasteiger partial charge in [0.2, 0.25) is 10.0 Å². The number of hydrogen-bond donors (Lipinski definition) is 2. The summed E-state index contributed by atoms with van der Waals surface area (Å²) in [6.45, 7) is 0.481. The van der Waals surface area contributed by atoms with Crippen LogP contribution in [0, 0.1) is 0 Å². The van der Waals surface area contributed by atoms with Crippen molar-refractivity contribution in [3.8, 4) is 0 Å². The number of anilines is 1. The molecule has 5 nitrogen and oxygen atoms in total. The van der Waals surface area contributed by atoms with Crippen LogP contribution in [0.15, 0.2) is 50.4 Å². The third-order valence-electron chi connectivity index (χ3n) is 2.51. The van der Waals surface area contributed by atoms with Crippen molar-refractivity contribution in [2.24, 2.45) is 0 Å². The van der Waals surface area contributed by atoms with Gasteiger partial charge in [-0.05, 0) is 53.3 Å². The second-order valence-electron chi connectivity index (χ2n) is 3.79. The van der Waals surface area contributed by atoms with Crippen LogP contribution in [-0.4, -0.2) is 15.5 Å². The SMILES string of the molecule is CNS(=O)(=O)c1cccc(NCc2ccc(Br)o2)c1. The Kier molecular flexibility index (Phi) is 4.28. The quantitative estimate of drug-likeness (QED) is 0.874. The number of sulfonamides is 1. The summed E-state index contributed by atoms with van der Waals surface area (Å²) in [5.74, 6) is 0.758. The number of rotatable bonds is 5. The third-order valence-corrected chi connectivity index (χ3v) is 4.35. The second kappa shape index (κ2) is 5.77. The molecule has 0 saturated carbocycles. The molecular formula is C12H13BrN2O3S. The number of halogens is 1. The van der Waals surface area contributed by atoms with Gasteiger partial charge in [0.25, 0.3) is 0 Å². The first-order valence-corrected chi connectivity index (χ1v) is 7.80. The zero-order valence-corrected chi connectivity index (χ0v) is 12.6. The van der Waals surface area contributed by atoms with Crippen LogP contribution < -0.4 is 10.0 Å². The van der Waals surface area contributed by atoms with Crippen LogP contribution >= 0.6 is 15.9 Å². The Morgan fingerprint density at radius 3 is 2.68 bits per heavy atom. The Morgan fingerprint density at radius 2 is 2.05 bits per heavy atom.